The van der Waals surface area contributed by atoms with Crippen molar-refractivity contribution < 1.29 is 0 Å². The number of hydrogen-bond acceptors (Lipinski definition) is 5. The molecule has 6 nitrogen and oxygen atoms in total. The Labute approximate surface area is 113 Å². The zero-order valence-corrected chi connectivity index (χ0v) is 11.8. The van der Waals surface area contributed by atoms with Crippen molar-refractivity contribution in [1.82, 2.24) is 19.7 Å². The van der Waals surface area contributed by atoms with Crippen LogP contribution in [0.5, 0.6) is 0 Å². The van der Waals surface area contributed by atoms with Crippen molar-refractivity contribution in [2.45, 2.75) is 39.7 Å². The molecule has 0 unspecified atom stereocenters. The summed E-state index contributed by atoms with van der Waals surface area (Å²) in [6, 6.07) is 3.78. The Hall–Kier alpha value is -1.95. The number of nitrogens with one attached hydrogen (secondary N) is 1. The normalized spacial score (nSPS) is 11.6. The molecular formula is C13H20N6. The Bertz CT molecular complexity index is 567. The van der Waals surface area contributed by atoms with E-state index in [1.807, 2.05) is 23.7 Å². The lowest BCUT2D eigenvalue weighted by atomic mass is 9.92. The van der Waals surface area contributed by atoms with Gasteiger partial charge >= 0.3 is 0 Å². The third kappa shape index (κ3) is 2.73. The van der Waals surface area contributed by atoms with Crippen LogP contribution in [0.15, 0.2) is 18.3 Å². The second kappa shape index (κ2) is 4.97. The van der Waals surface area contributed by atoms with Crippen molar-refractivity contribution in [2.24, 2.45) is 5.84 Å². The van der Waals surface area contributed by atoms with Gasteiger partial charge in [-0.3, -0.25) is 4.68 Å². The van der Waals surface area contributed by atoms with Crippen LogP contribution in [-0.2, 0) is 12.0 Å². The van der Waals surface area contributed by atoms with E-state index in [4.69, 9.17) is 5.84 Å². The van der Waals surface area contributed by atoms with Crippen LogP contribution >= 0.6 is 0 Å². The number of hydrogen-bond donors (Lipinski definition) is 2. The van der Waals surface area contributed by atoms with Crippen molar-refractivity contribution in [3.05, 3.63) is 24.0 Å². The molecule has 0 saturated carbocycles. The van der Waals surface area contributed by atoms with Gasteiger partial charge in [-0.25, -0.2) is 15.8 Å². The molecule has 2 heterocycles. The number of aromatic nitrogens is 4. The molecule has 0 spiro atoms. The van der Waals surface area contributed by atoms with E-state index >= 15 is 0 Å². The lowest BCUT2D eigenvalue weighted by Gasteiger charge is -2.19. The molecule has 0 bridgehead atoms. The van der Waals surface area contributed by atoms with Crippen LogP contribution in [0.1, 0.15) is 33.4 Å². The van der Waals surface area contributed by atoms with Crippen LogP contribution < -0.4 is 11.3 Å². The summed E-state index contributed by atoms with van der Waals surface area (Å²) >= 11 is 0. The van der Waals surface area contributed by atoms with Gasteiger partial charge in [-0.15, -0.1) is 0 Å². The molecule has 0 aromatic carbocycles. The number of nitrogens with two attached hydrogens (primary N) is 1. The average molecular weight is 260 g/mol. The van der Waals surface area contributed by atoms with Crippen LogP contribution in [0.3, 0.4) is 0 Å². The highest BCUT2D eigenvalue weighted by molar-refractivity contribution is 5.53. The van der Waals surface area contributed by atoms with E-state index in [0.29, 0.717) is 11.6 Å². The van der Waals surface area contributed by atoms with Gasteiger partial charge in [-0.05, 0) is 13.0 Å². The van der Waals surface area contributed by atoms with E-state index in [2.05, 4.69) is 41.3 Å². The molecule has 6 heteroatoms. The summed E-state index contributed by atoms with van der Waals surface area (Å²) < 4.78 is 1.86. The Balaban J connectivity index is 2.57. The maximum Gasteiger partial charge on any atom is 0.180 e. The number of aryl methyl sites for hydroxylation is 1. The summed E-state index contributed by atoms with van der Waals surface area (Å²) in [6.07, 6.45) is 1.75. The van der Waals surface area contributed by atoms with E-state index < -0.39 is 0 Å². The summed E-state index contributed by atoms with van der Waals surface area (Å²) in [6.45, 7) is 9.13. The van der Waals surface area contributed by atoms with E-state index in [0.717, 1.165) is 17.9 Å². The summed E-state index contributed by atoms with van der Waals surface area (Å²) in [5, 5.41) is 4.24. The molecule has 0 amide bonds. The van der Waals surface area contributed by atoms with Gasteiger partial charge in [0.15, 0.2) is 5.82 Å². The first kappa shape index (κ1) is 13.5. The van der Waals surface area contributed by atoms with Gasteiger partial charge in [0.2, 0.25) is 0 Å². The molecule has 0 aliphatic rings. The smallest absolute Gasteiger partial charge is 0.180 e. The maximum atomic E-state index is 5.49. The molecule has 2 rings (SSSR count). The molecule has 0 fully saturated rings. The molecule has 0 saturated heterocycles. The highest BCUT2D eigenvalue weighted by Crippen LogP contribution is 2.25. The molecule has 0 aliphatic carbocycles. The maximum absolute atomic E-state index is 5.49. The Morgan fingerprint density at radius 3 is 2.63 bits per heavy atom. The number of hydrazine groups is 1. The first-order chi connectivity index (χ1) is 8.95. The van der Waals surface area contributed by atoms with Crippen molar-refractivity contribution in [2.75, 3.05) is 5.43 Å². The third-order valence-corrected chi connectivity index (χ3v) is 2.89. The Morgan fingerprint density at radius 2 is 2.05 bits per heavy atom. The molecule has 0 atom stereocenters. The molecule has 0 radical (unpaired) electrons. The second-order valence-corrected chi connectivity index (χ2v) is 5.39. The Kier molecular flexibility index (Phi) is 3.53. The molecule has 2 aromatic rings. The van der Waals surface area contributed by atoms with Crippen LogP contribution in [0.25, 0.3) is 11.5 Å². The number of nitrogen functional groups attached to an aromatic ring is 1. The molecule has 102 valence electrons. The van der Waals surface area contributed by atoms with E-state index in [1.165, 1.54) is 0 Å². The number of rotatable bonds is 3. The molecule has 0 aliphatic heterocycles. The first-order valence-corrected chi connectivity index (χ1v) is 6.34. The lowest BCUT2D eigenvalue weighted by Crippen LogP contribution is -2.18. The van der Waals surface area contributed by atoms with Gasteiger partial charge in [0.25, 0.3) is 0 Å². The van der Waals surface area contributed by atoms with E-state index in [9.17, 15) is 0 Å². The van der Waals surface area contributed by atoms with Gasteiger partial charge in [-0.1, -0.05) is 20.8 Å². The molecular weight excluding hydrogens is 240 g/mol. The van der Waals surface area contributed by atoms with Crippen LogP contribution in [0, 0.1) is 0 Å². The standard InChI is InChI=1S/C13H20N6/c1-5-19-9(6-7-15-19)12-16-10(13(2,3)4)8-11(17-12)18-14/h6-8H,5,14H2,1-4H3,(H,16,17,18). The minimum Gasteiger partial charge on any atom is -0.308 e. The predicted octanol–water partition coefficient (Wildman–Crippen LogP) is 1.94. The zero-order valence-electron chi connectivity index (χ0n) is 11.8. The van der Waals surface area contributed by atoms with Gasteiger partial charge in [0.1, 0.15) is 11.5 Å². The largest absolute Gasteiger partial charge is 0.308 e. The first-order valence-electron chi connectivity index (χ1n) is 6.34. The number of anilines is 1. The SMILES string of the molecule is CCn1nccc1-c1nc(NN)cc(C(C)(C)C)n1. The summed E-state index contributed by atoms with van der Waals surface area (Å²) in [5.74, 6) is 6.74. The van der Waals surface area contributed by atoms with Crippen LogP contribution in [0.2, 0.25) is 0 Å². The number of nitrogens with zero attached hydrogens (tertiary/aromatic N) is 4. The summed E-state index contributed by atoms with van der Waals surface area (Å²) in [7, 11) is 0. The van der Waals surface area contributed by atoms with Gasteiger partial charge < -0.3 is 5.43 Å². The topological polar surface area (TPSA) is 81.7 Å². The zero-order chi connectivity index (χ0) is 14.0. The molecule has 2 aromatic heterocycles. The third-order valence-electron chi connectivity index (χ3n) is 2.89. The minimum absolute atomic E-state index is 0.0691. The highest BCUT2D eigenvalue weighted by Gasteiger charge is 2.19. The van der Waals surface area contributed by atoms with Gasteiger partial charge in [0.05, 0.1) is 5.69 Å². The van der Waals surface area contributed by atoms with Gasteiger partial charge in [-0.2, -0.15) is 5.10 Å². The summed E-state index contributed by atoms with van der Waals surface area (Å²) in [5.41, 5.74) is 4.36. The monoisotopic (exact) mass is 260 g/mol. The van der Waals surface area contributed by atoms with E-state index in [1.54, 1.807) is 6.20 Å². The quantitative estimate of drug-likeness (QED) is 0.651. The fourth-order valence-electron chi connectivity index (χ4n) is 1.79. The minimum atomic E-state index is -0.0691. The van der Waals surface area contributed by atoms with Crippen molar-refractivity contribution in [1.29, 1.82) is 0 Å². The Morgan fingerprint density at radius 1 is 1.32 bits per heavy atom. The van der Waals surface area contributed by atoms with Crippen LogP contribution in [0.4, 0.5) is 5.82 Å². The fraction of sp³-hybridized carbons (Fsp3) is 0.462. The molecule has 3 N–H and O–H groups in total. The van der Waals surface area contributed by atoms with Gasteiger partial charge in [0, 0.05) is 24.2 Å². The second-order valence-electron chi connectivity index (χ2n) is 5.39. The van der Waals surface area contributed by atoms with Crippen molar-refractivity contribution in [3.63, 3.8) is 0 Å². The van der Waals surface area contributed by atoms with Crippen LogP contribution in [-0.4, -0.2) is 19.7 Å². The van der Waals surface area contributed by atoms with Crippen molar-refractivity contribution in [3.8, 4) is 11.5 Å². The molecule has 19 heavy (non-hydrogen) atoms. The van der Waals surface area contributed by atoms with Crippen molar-refractivity contribution >= 4 is 5.82 Å². The highest BCUT2D eigenvalue weighted by atomic mass is 15.3. The summed E-state index contributed by atoms with van der Waals surface area (Å²) in [4.78, 5) is 9.04. The predicted molar refractivity (Wildman–Crippen MR) is 75.4 cm³/mol. The van der Waals surface area contributed by atoms with E-state index in [-0.39, 0.29) is 5.41 Å². The average Bonchev–Trinajstić information content (AvgIpc) is 2.85. The lowest BCUT2D eigenvalue weighted by molar-refractivity contribution is 0.567. The fourth-order valence-corrected chi connectivity index (χ4v) is 1.79.